The van der Waals surface area contributed by atoms with Gasteiger partial charge in [0.2, 0.25) is 0 Å². The van der Waals surface area contributed by atoms with Crippen molar-refractivity contribution in [3.05, 3.63) is 52.3 Å². The van der Waals surface area contributed by atoms with E-state index in [0.717, 1.165) is 18.4 Å². The molecule has 1 aliphatic rings. The number of carbonyl (C=O) groups excluding carboxylic acids is 3. The van der Waals surface area contributed by atoms with Crippen LogP contribution in [0.25, 0.3) is 0 Å². The van der Waals surface area contributed by atoms with Crippen molar-refractivity contribution in [1.29, 1.82) is 0 Å². The lowest BCUT2D eigenvalue weighted by Gasteiger charge is -2.08. The number of esters is 1. The Balaban J connectivity index is 1.46. The summed E-state index contributed by atoms with van der Waals surface area (Å²) in [6.07, 6.45) is 2.73. The fraction of sp³-hybridized carbons (Fsp3) is 0.435. The fourth-order valence-electron chi connectivity index (χ4n) is 3.29. The molecule has 3 rings (SSSR count). The summed E-state index contributed by atoms with van der Waals surface area (Å²) >= 11 is 0. The third-order valence-corrected chi connectivity index (χ3v) is 5.08. The zero-order valence-corrected chi connectivity index (χ0v) is 18.2. The third-order valence-electron chi connectivity index (χ3n) is 5.08. The van der Waals surface area contributed by atoms with Crippen LogP contribution in [0.15, 0.2) is 24.3 Å². The molecule has 8 heteroatoms. The quantitative estimate of drug-likeness (QED) is 0.505. The van der Waals surface area contributed by atoms with Gasteiger partial charge in [-0.05, 0) is 63.3 Å². The average Bonchev–Trinajstić information content (AvgIpc) is 3.49. The summed E-state index contributed by atoms with van der Waals surface area (Å²) in [6.45, 7) is 5.95. The molecule has 1 fully saturated rings. The predicted octanol–water partition coefficient (Wildman–Crippen LogP) is 2.44. The van der Waals surface area contributed by atoms with E-state index in [1.165, 1.54) is 0 Å². The van der Waals surface area contributed by atoms with Gasteiger partial charge in [-0.2, -0.15) is 0 Å². The van der Waals surface area contributed by atoms with E-state index < -0.39 is 5.97 Å². The van der Waals surface area contributed by atoms with Gasteiger partial charge in [0.15, 0.2) is 6.61 Å². The van der Waals surface area contributed by atoms with Crippen molar-refractivity contribution in [2.45, 2.75) is 46.1 Å². The Morgan fingerprint density at radius 1 is 1.13 bits per heavy atom. The van der Waals surface area contributed by atoms with E-state index in [1.54, 1.807) is 20.8 Å². The molecule has 0 unspecified atom stereocenters. The van der Waals surface area contributed by atoms with E-state index in [1.807, 2.05) is 24.3 Å². The Labute approximate surface area is 181 Å². The summed E-state index contributed by atoms with van der Waals surface area (Å²) in [5.41, 5.74) is 3.01. The van der Waals surface area contributed by atoms with Gasteiger partial charge in [-0.1, -0.05) is 12.1 Å². The third kappa shape index (κ3) is 6.10. The second-order valence-electron chi connectivity index (χ2n) is 7.63. The first-order valence-electron chi connectivity index (χ1n) is 10.5. The van der Waals surface area contributed by atoms with Gasteiger partial charge in [-0.3, -0.25) is 9.59 Å². The van der Waals surface area contributed by atoms with Crippen LogP contribution in [-0.4, -0.2) is 48.6 Å². The van der Waals surface area contributed by atoms with E-state index in [4.69, 9.17) is 9.47 Å². The Bertz CT molecular complexity index is 945. The van der Waals surface area contributed by atoms with Crippen molar-refractivity contribution in [2.75, 3.05) is 19.8 Å². The number of hydrogen-bond acceptors (Lipinski definition) is 5. The molecule has 0 spiro atoms. The monoisotopic (exact) mass is 427 g/mol. The predicted molar refractivity (Wildman–Crippen MR) is 115 cm³/mol. The van der Waals surface area contributed by atoms with Crippen LogP contribution >= 0.6 is 0 Å². The van der Waals surface area contributed by atoms with Crippen LogP contribution in [0.3, 0.4) is 0 Å². The van der Waals surface area contributed by atoms with Gasteiger partial charge in [0.05, 0.1) is 12.2 Å². The zero-order valence-electron chi connectivity index (χ0n) is 18.2. The zero-order chi connectivity index (χ0) is 22.4. The highest BCUT2D eigenvalue weighted by molar-refractivity contribution is 6.00. The molecule has 3 N–H and O–H groups in total. The highest BCUT2D eigenvalue weighted by Gasteiger charge is 2.23. The molecular weight excluding hydrogens is 398 g/mol. The molecule has 2 amide bonds. The van der Waals surface area contributed by atoms with Crippen molar-refractivity contribution in [2.24, 2.45) is 0 Å². The van der Waals surface area contributed by atoms with Crippen LogP contribution in [0.1, 0.15) is 57.4 Å². The van der Waals surface area contributed by atoms with Gasteiger partial charge in [0.1, 0.15) is 11.4 Å². The maximum atomic E-state index is 12.5. The number of ether oxygens (including phenoxy) is 2. The first-order valence-corrected chi connectivity index (χ1v) is 10.5. The molecule has 0 atom stereocenters. The molecule has 0 aliphatic heterocycles. The van der Waals surface area contributed by atoms with E-state index in [-0.39, 0.29) is 25.0 Å². The maximum absolute atomic E-state index is 12.5. The van der Waals surface area contributed by atoms with Gasteiger partial charge in [0, 0.05) is 18.3 Å². The number of H-pyrrole nitrogens is 1. The number of amides is 2. The Morgan fingerprint density at radius 3 is 2.48 bits per heavy atom. The van der Waals surface area contributed by atoms with Gasteiger partial charge in [-0.25, -0.2) is 4.79 Å². The van der Waals surface area contributed by atoms with E-state index in [9.17, 15) is 14.4 Å². The molecule has 0 saturated heterocycles. The van der Waals surface area contributed by atoms with Crippen molar-refractivity contribution < 1.29 is 23.9 Å². The average molecular weight is 428 g/mol. The SMILES string of the molecule is CCOC(=O)c1c(C)[nH]c(C(=O)NCCc2ccc(OCC(=O)NC3CC3)cc2)c1C. The first kappa shape index (κ1) is 22.4. The van der Waals surface area contributed by atoms with Gasteiger partial charge < -0.3 is 25.1 Å². The molecule has 1 aliphatic carbocycles. The molecule has 166 valence electrons. The van der Waals surface area contributed by atoms with Crippen molar-refractivity contribution in [3.63, 3.8) is 0 Å². The molecule has 1 saturated carbocycles. The van der Waals surface area contributed by atoms with Crippen LogP contribution in [0.5, 0.6) is 5.75 Å². The number of benzene rings is 1. The summed E-state index contributed by atoms with van der Waals surface area (Å²) in [7, 11) is 0. The lowest BCUT2D eigenvalue weighted by atomic mass is 10.1. The smallest absolute Gasteiger partial charge is 0.340 e. The maximum Gasteiger partial charge on any atom is 0.340 e. The fourth-order valence-corrected chi connectivity index (χ4v) is 3.29. The highest BCUT2D eigenvalue weighted by atomic mass is 16.5. The van der Waals surface area contributed by atoms with Crippen molar-refractivity contribution in [3.8, 4) is 5.75 Å². The lowest BCUT2D eigenvalue weighted by molar-refractivity contribution is -0.123. The summed E-state index contributed by atoms with van der Waals surface area (Å²) < 4.78 is 10.5. The molecule has 0 bridgehead atoms. The van der Waals surface area contributed by atoms with E-state index in [2.05, 4.69) is 15.6 Å². The largest absolute Gasteiger partial charge is 0.484 e. The molecule has 8 nitrogen and oxygen atoms in total. The van der Waals surface area contributed by atoms with Crippen LogP contribution < -0.4 is 15.4 Å². The lowest BCUT2D eigenvalue weighted by Crippen LogP contribution is -2.30. The number of rotatable bonds is 10. The number of carbonyl (C=O) groups is 3. The number of aryl methyl sites for hydroxylation is 1. The highest BCUT2D eigenvalue weighted by Crippen LogP contribution is 2.20. The number of nitrogens with one attached hydrogen (secondary N) is 3. The molecule has 1 aromatic carbocycles. The summed E-state index contributed by atoms with van der Waals surface area (Å²) in [4.78, 5) is 39.3. The van der Waals surface area contributed by atoms with Crippen LogP contribution in [0, 0.1) is 13.8 Å². The normalized spacial score (nSPS) is 12.9. The molecule has 0 radical (unpaired) electrons. The minimum Gasteiger partial charge on any atom is -0.484 e. The second-order valence-corrected chi connectivity index (χ2v) is 7.63. The topological polar surface area (TPSA) is 110 Å². The van der Waals surface area contributed by atoms with Gasteiger partial charge in [0.25, 0.3) is 11.8 Å². The first-order chi connectivity index (χ1) is 14.9. The molecule has 1 aromatic heterocycles. The summed E-state index contributed by atoms with van der Waals surface area (Å²) in [5, 5.41) is 5.75. The standard InChI is InChI=1S/C23H29N3O5/c1-4-30-23(29)20-14(2)21(25-15(20)3)22(28)24-12-11-16-5-9-18(10-6-16)31-13-19(27)26-17-7-8-17/h5-6,9-10,17,25H,4,7-8,11-13H2,1-3H3,(H,24,28)(H,26,27). The summed E-state index contributed by atoms with van der Waals surface area (Å²) in [5.74, 6) is -0.170. The van der Waals surface area contributed by atoms with E-state index in [0.29, 0.717) is 47.3 Å². The van der Waals surface area contributed by atoms with Gasteiger partial charge in [-0.15, -0.1) is 0 Å². The Hall–Kier alpha value is -3.29. The summed E-state index contributed by atoms with van der Waals surface area (Å²) in [6, 6.07) is 7.76. The van der Waals surface area contributed by atoms with Crippen molar-refractivity contribution >= 4 is 17.8 Å². The Morgan fingerprint density at radius 2 is 1.84 bits per heavy atom. The minimum atomic E-state index is -0.430. The van der Waals surface area contributed by atoms with E-state index >= 15 is 0 Å². The van der Waals surface area contributed by atoms with Gasteiger partial charge >= 0.3 is 5.97 Å². The minimum absolute atomic E-state index is 0.00854. The molecular formula is C23H29N3O5. The number of aromatic nitrogens is 1. The van der Waals surface area contributed by atoms with Crippen molar-refractivity contribution in [1.82, 2.24) is 15.6 Å². The van der Waals surface area contributed by atoms with Crippen LogP contribution in [0.4, 0.5) is 0 Å². The van der Waals surface area contributed by atoms with Crippen LogP contribution in [-0.2, 0) is 16.0 Å². The molecule has 1 heterocycles. The molecule has 31 heavy (non-hydrogen) atoms. The second kappa shape index (κ2) is 10.1. The Kier molecular flexibility index (Phi) is 7.33. The number of aromatic amines is 1. The molecule has 2 aromatic rings. The van der Waals surface area contributed by atoms with Crippen LogP contribution in [0.2, 0.25) is 0 Å². The number of hydrogen-bond donors (Lipinski definition) is 3.